The number of furan rings is 1. The molecule has 42 heavy (non-hydrogen) atoms. The second-order valence-electron chi connectivity index (χ2n) is 10.5. The van der Waals surface area contributed by atoms with Gasteiger partial charge in [-0.05, 0) is 64.0 Å². The van der Waals surface area contributed by atoms with Gasteiger partial charge in [0, 0.05) is 27.5 Å². The van der Waals surface area contributed by atoms with Gasteiger partial charge in [0.25, 0.3) is 0 Å². The maximum Gasteiger partial charge on any atom is 0.159 e. The average Bonchev–Trinajstić information content (AvgIpc) is 3.46. The van der Waals surface area contributed by atoms with Crippen LogP contribution in [0.25, 0.3) is 55.0 Å². The SMILES string of the molecule is c1ccc(-c2ccccc2-c2ccc(N(c3ccccc3)c3cccc4c3oc3c5ccccc5ccc43)cc2)cc1. The number of nitrogens with zero attached hydrogens (tertiary/aromatic N) is 1. The first-order chi connectivity index (χ1) is 20.8. The van der Waals surface area contributed by atoms with Crippen LogP contribution in [0.4, 0.5) is 17.1 Å². The van der Waals surface area contributed by atoms with Crippen LogP contribution in [0.5, 0.6) is 0 Å². The molecule has 0 fully saturated rings. The summed E-state index contributed by atoms with van der Waals surface area (Å²) in [5, 5.41) is 4.55. The Bertz CT molecular complexity index is 2180. The van der Waals surface area contributed by atoms with Gasteiger partial charge in [0.2, 0.25) is 0 Å². The monoisotopic (exact) mass is 537 g/mol. The van der Waals surface area contributed by atoms with Crippen molar-refractivity contribution in [2.24, 2.45) is 0 Å². The third-order valence-corrected chi connectivity index (χ3v) is 8.07. The third kappa shape index (κ3) is 4.05. The summed E-state index contributed by atoms with van der Waals surface area (Å²) in [5.41, 5.74) is 9.80. The van der Waals surface area contributed by atoms with E-state index in [2.05, 4.69) is 169 Å². The van der Waals surface area contributed by atoms with Gasteiger partial charge in [0.15, 0.2) is 5.58 Å². The maximum absolute atomic E-state index is 6.74. The number of hydrogen-bond donors (Lipinski definition) is 0. The minimum atomic E-state index is 0.881. The highest BCUT2D eigenvalue weighted by Gasteiger charge is 2.20. The summed E-state index contributed by atoms with van der Waals surface area (Å²) in [6, 6.07) is 57.8. The fourth-order valence-electron chi connectivity index (χ4n) is 6.09. The highest BCUT2D eigenvalue weighted by Crippen LogP contribution is 2.44. The first kappa shape index (κ1) is 24.2. The minimum Gasteiger partial charge on any atom is -0.453 e. The molecule has 7 aromatic carbocycles. The molecule has 8 rings (SSSR count). The quantitative estimate of drug-likeness (QED) is 0.217. The molecule has 0 unspecified atom stereocenters. The summed E-state index contributed by atoms with van der Waals surface area (Å²) in [5.74, 6) is 0. The van der Waals surface area contributed by atoms with Crippen LogP contribution in [0.3, 0.4) is 0 Å². The molecule has 0 aliphatic carbocycles. The predicted octanol–water partition coefficient (Wildman–Crippen LogP) is 11.5. The van der Waals surface area contributed by atoms with Crippen molar-refractivity contribution in [1.29, 1.82) is 0 Å². The zero-order valence-corrected chi connectivity index (χ0v) is 22.9. The molecule has 0 aliphatic rings. The van der Waals surface area contributed by atoms with Crippen molar-refractivity contribution in [1.82, 2.24) is 0 Å². The lowest BCUT2D eigenvalue weighted by atomic mass is 9.94. The molecule has 0 atom stereocenters. The van der Waals surface area contributed by atoms with Gasteiger partial charge in [0.1, 0.15) is 5.58 Å². The normalized spacial score (nSPS) is 11.3. The number of anilines is 3. The van der Waals surface area contributed by atoms with E-state index in [1.165, 1.54) is 27.6 Å². The molecule has 1 aromatic heterocycles. The Kier molecular flexibility index (Phi) is 5.82. The van der Waals surface area contributed by atoms with Gasteiger partial charge in [0.05, 0.1) is 5.69 Å². The Labute approximate surface area is 244 Å². The van der Waals surface area contributed by atoms with E-state index >= 15 is 0 Å². The molecule has 8 aromatic rings. The first-order valence-corrected chi connectivity index (χ1v) is 14.3. The van der Waals surface area contributed by atoms with Gasteiger partial charge in [-0.3, -0.25) is 0 Å². The summed E-state index contributed by atoms with van der Waals surface area (Å²) >= 11 is 0. The van der Waals surface area contributed by atoms with Crippen LogP contribution in [0.2, 0.25) is 0 Å². The Morgan fingerprint density at radius 1 is 0.357 bits per heavy atom. The molecule has 0 bridgehead atoms. The van der Waals surface area contributed by atoms with E-state index in [1.807, 2.05) is 0 Å². The van der Waals surface area contributed by atoms with Crippen LogP contribution in [-0.4, -0.2) is 0 Å². The van der Waals surface area contributed by atoms with Gasteiger partial charge in [-0.15, -0.1) is 0 Å². The molecule has 2 heteroatoms. The van der Waals surface area contributed by atoms with Crippen molar-refractivity contribution in [3.8, 4) is 22.3 Å². The minimum absolute atomic E-state index is 0.881. The Hall–Kier alpha value is -5.60. The van der Waals surface area contributed by atoms with E-state index in [0.29, 0.717) is 0 Å². The molecule has 0 saturated heterocycles. The van der Waals surface area contributed by atoms with Crippen LogP contribution in [0, 0.1) is 0 Å². The highest BCUT2D eigenvalue weighted by atomic mass is 16.3. The second kappa shape index (κ2) is 10.1. The lowest BCUT2D eigenvalue weighted by Gasteiger charge is -2.25. The molecule has 198 valence electrons. The van der Waals surface area contributed by atoms with Crippen molar-refractivity contribution in [2.45, 2.75) is 0 Å². The molecular weight excluding hydrogens is 510 g/mol. The molecule has 0 N–H and O–H groups in total. The lowest BCUT2D eigenvalue weighted by molar-refractivity contribution is 0.673. The van der Waals surface area contributed by atoms with E-state index in [0.717, 1.165) is 44.4 Å². The van der Waals surface area contributed by atoms with Crippen LogP contribution < -0.4 is 4.90 Å². The average molecular weight is 538 g/mol. The van der Waals surface area contributed by atoms with E-state index in [-0.39, 0.29) is 0 Å². The molecule has 1 heterocycles. The smallest absolute Gasteiger partial charge is 0.159 e. The van der Waals surface area contributed by atoms with Gasteiger partial charge in [-0.2, -0.15) is 0 Å². The summed E-state index contributed by atoms with van der Waals surface area (Å²) < 4.78 is 6.74. The van der Waals surface area contributed by atoms with Crippen LogP contribution in [0.15, 0.2) is 168 Å². The maximum atomic E-state index is 6.74. The van der Waals surface area contributed by atoms with Crippen LogP contribution >= 0.6 is 0 Å². The standard InChI is InChI=1S/C40H27NO/c1-3-12-28(13-4-1)33-17-9-10-18-34(33)30-22-25-32(26-23-30)41(31-15-5-2-6-16-31)38-21-11-20-36-37-27-24-29-14-7-8-19-35(29)39(37)42-40(36)38/h1-27H. The van der Waals surface area contributed by atoms with E-state index in [1.54, 1.807) is 0 Å². The zero-order valence-electron chi connectivity index (χ0n) is 22.9. The Morgan fingerprint density at radius 3 is 1.69 bits per heavy atom. The molecule has 0 spiro atoms. The lowest BCUT2D eigenvalue weighted by Crippen LogP contribution is -2.10. The fourth-order valence-corrected chi connectivity index (χ4v) is 6.09. The summed E-state index contributed by atoms with van der Waals surface area (Å²) in [7, 11) is 0. The van der Waals surface area contributed by atoms with Gasteiger partial charge < -0.3 is 9.32 Å². The first-order valence-electron chi connectivity index (χ1n) is 14.3. The van der Waals surface area contributed by atoms with Crippen molar-refractivity contribution in [2.75, 3.05) is 4.90 Å². The number of rotatable bonds is 5. The molecule has 0 aliphatic heterocycles. The summed E-state index contributed by atoms with van der Waals surface area (Å²) in [6.45, 7) is 0. The number of hydrogen-bond acceptors (Lipinski definition) is 2. The molecular formula is C40H27NO. The largest absolute Gasteiger partial charge is 0.453 e. The topological polar surface area (TPSA) is 16.4 Å². The van der Waals surface area contributed by atoms with Gasteiger partial charge >= 0.3 is 0 Å². The molecule has 0 saturated carbocycles. The number of fused-ring (bicyclic) bond motifs is 5. The number of benzene rings is 7. The van der Waals surface area contributed by atoms with Crippen molar-refractivity contribution < 1.29 is 4.42 Å². The number of para-hydroxylation sites is 2. The summed E-state index contributed by atoms with van der Waals surface area (Å²) in [4.78, 5) is 2.29. The highest BCUT2D eigenvalue weighted by molar-refractivity contribution is 6.17. The van der Waals surface area contributed by atoms with Crippen molar-refractivity contribution in [3.05, 3.63) is 164 Å². The van der Waals surface area contributed by atoms with E-state index in [4.69, 9.17) is 4.42 Å². The van der Waals surface area contributed by atoms with E-state index < -0.39 is 0 Å². The predicted molar refractivity (Wildman–Crippen MR) is 177 cm³/mol. The van der Waals surface area contributed by atoms with Gasteiger partial charge in [-0.1, -0.05) is 127 Å². The third-order valence-electron chi connectivity index (χ3n) is 8.07. The van der Waals surface area contributed by atoms with Crippen molar-refractivity contribution >= 4 is 49.8 Å². The Balaban J connectivity index is 1.29. The van der Waals surface area contributed by atoms with E-state index in [9.17, 15) is 0 Å². The van der Waals surface area contributed by atoms with Crippen LogP contribution in [0.1, 0.15) is 0 Å². The Morgan fingerprint density at radius 2 is 0.929 bits per heavy atom. The zero-order chi connectivity index (χ0) is 27.9. The molecule has 0 amide bonds. The fraction of sp³-hybridized carbons (Fsp3) is 0. The van der Waals surface area contributed by atoms with Crippen molar-refractivity contribution in [3.63, 3.8) is 0 Å². The summed E-state index contributed by atoms with van der Waals surface area (Å²) in [6.07, 6.45) is 0. The molecule has 0 radical (unpaired) electrons. The van der Waals surface area contributed by atoms with Crippen LogP contribution in [-0.2, 0) is 0 Å². The van der Waals surface area contributed by atoms with Gasteiger partial charge in [-0.25, -0.2) is 0 Å². The molecule has 2 nitrogen and oxygen atoms in total. The second-order valence-corrected chi connectivity index (χ2v) is 10.5.